The second-order valence-corrected chi connectivity index (χ2v) is 8.21. The van der Waals surface area contributed by atoms with E-state index < -0.39 is 6.04 Å². The van der Waals surface area contributed by atoms with E-state index in [2.05, 4.69) is 14.9 Å². The van der Waals surface area contributed by atoms with Gasteiger partial charge in [0, 0.05) is 23.0 Å². The smallest absolute Gasteiger partial charge is 0.276 e. The first-order valence-electron chi connectivity index (χ1n) is 10.3. The van der Waals surface area contributed by atoms with Crippen molar-refractivity contribution in [1.29, 1.82) is 0 Å². The van der Waals surface area contributed by atoms with Crippen LogP contribution in [0.3, 0.4) is 0 Å². The fourth-order valence-corrected chi connectivity index (χ4v) is 4.43. The highest BCUT2D eigenvalue weighted by molar-refractivity contribution is 7.03. The summed E-state index contributed by atoms with van der Waals surface area (Å²) in [7, 11) is 0. The minimum absolute atomic E-state index is 0.0261. The zero-order valence-corrected chi connectivity index (χ0v) is 17.4. The molecule has 1 N–H and O–H groups in total. The second kappa shape index (κ2) is 8.90. The molecule has 2 amide bonds. The average Bonchev–Trinajstić information content (AvgIpc) is 3.18. The fraction of sp³-hybridized carbons (Fsp3) is 0.524. The predicted molar refractivity (Wildman–Crippen MR) is 110 cm³/mol. The first-order valence-corrected chi connectivity index (χ1v) is 11.1. The molecule has 1 aromatic heterocycles. The number of carbonyl (C=O) groups excluding carboxylic acids is 2. The molecule has 0 bridgehead atoms. The van der Waals surface area contributed by atoms with E-state index in [4.69, 9.17) is 4.74 Å². The van der Waals surface area contributed by atoms with Gasteiger partial charge in [-0.1, -0.05) is 35.5 Å². The summed E-state index contributed by atoms with van der Waals surface area (Å²) in [6.07, 6.45) is 5.99. The number of para-hydroxylation sites is 1. The summed E-state index contributed by atoms with van der Waals surface area (Å²) in [5.41, 5.74) is 1.00. The normalized spacial score (nSPS) is 17.7. The van der Waals surface area contributed by atoms with Crippen molar-refractivity contribution in [2.24, 2.45) is 0 Å². The lowest BCUT2D eigenvalue weighted by molar-refractivity contribution is -0.126. The number of aromatic nitrogens is 2. The minimum Gasteiger partial charge on any atom is -0.494 e. The number of nitrogens with one attached hydrogen (secondary N) is 1. The van der Waals surface area contributed by atoms with Crippen LogP contribution in [0.15, 0.2) is 29.6 Å². The number of nitrogens with zero attached hydrogens (tertiary/aromatic N) is 3. The molecule has 1 atom stereocenters. The van der Waals surface area contributed by atoms with Crippen LogP contribution < -0.4 is 10.1 Å². The lowest BCUT2D eigenvalue weighted by Gasteiger charge is -2.32. The van der Waals surface area contributed by atoms with Crippen LogP contribution in [0, 0.1) is 0 Å². The number of ether oxygens (including phenoxy) is 1. The Hall–Kier alpha value is -2.48. The molecule has 29 heavy (non-hydrogen) atoms. The van der Waals surface area contributed by atoms with Crippen molar-refractivity contribution in [1.82, 2.24) is 19.8 Å². The van der Waals surface area contributed by atoms with E-state index in [1.54, 1.807) is 10.3 Å². The van der Waals surface area contributed by atoms with Crippen molar-refractivity contribution in [2.45, 2.75) is 63.6 Å². The summed E-state index contributed by atoms with van der Waals surface area (Å²) < 4.78 is 9.65. The van der Waals surface area contributed by atoms with Gasteiger partial charge in [-0.15, -0.1) is 5.10 Å². The summed E-state index contributed by atoms with van der Waals surface area (Å²) in [4.78, 5) is 28.5. The number of carbonyl (C=O) groups is 2. The molecule has 2 saturated carbocycles. The van der Waals surface area contributed by atoms with Crippen LogP contribution in [0.4, 0.5) is 0 Å². The molecule has 154 valence electrons. The monoisotopic (exact) mass is 414 g/mol. The van der Waals surface area contributed by atoms with Crippen LogP contribution in [0.2, 0.25) is 0 Å². The summed E-state index contributed by atoms with van der Waals surface area (Å²) in [6.45, 7) is 2.40. The highest BCUT2D eigenvalue weighted by Gasteiger charge is 2.43. The number of hydrogen-bond acceptors (Lipinski definition) is 6. The first kappa shape index (κ1) is 19.8. The number of amides is 2. The van der Waals surface area contributed by atoms with E-state index in [0.29, 0.717) is 17.9 Å². The maximum atomic E-state index is 13.5. The fourth-order valence-electron chi connectivity index (χ4n) is 4.00. The maximum Gasteiger partial charge on any atom is 0.276 e. The van der Waals surface area contributed by atoms with E-state index >= 15 is 0 Å². The first-order chi connectivity index (χ1) is 14.2. The third kappa shape index (κ3) is 4.42. The molecule has 1 heterocycles. The highest BCUT2D eigenvalue weighted by Crippen LogP contribution is 2.39. The van der Waals surface area contributed by atoms with E-state index in [1.165, 1.54) is 0 Å². The zero-order valence-electron chi connectivity index (χ0n) is 16.5. The largest absolute Gasteiger partial charge is 0.494 e. The van der Waals surface area contributed by atoms with Gasteiger partial charge in [-0.05, 0) is 50.2 Å². The highest BCUT2D eigenvalue weighted by atomic mass is 32.1. The van der Waals surface area contributed by atoms with Crippen molar-refractivity contribution in [3.8, 4) is 5.75 Å². The van der Waals surface area contributed by atoms with Crippen molar-refractivity contribution < 1.29 is 14.3 Å². The molecular weight excluding hydrogens is 388 g/mol. The van der Waals surface area contributed by atoms with Crippen LogP contribution >= 0.6 is 11.5 Å². The molecule has 8 heteroatoms. The van der Waals surface area contributed by atoms with Crippen LogP contribution in [0.5, 0.6) is 5.75 Å². The van der Waals surface area contributed by atoms with Gasteiger partial charge in [-0.2, -0.15) is 0 Å². The molecule has 1 aromatic carbocycles. The van der Waals surface area contributed by atoms with Gasteiger partial charge in [-0.3, -0.25) is 9.59 Å². The standard InChI is InChI=1S/C21H26N4O3S/c1-2-28-18-10-6-5-9-16(18)19(20(26)22-14-7-3-4-8-14)25(15-11-12-15)21(27)17-13-29-24-23-17/h5-6,9-10,13-15,19H,2-4,7-8,11-12H2,1H3,(H,22,26)/t19-/m1/s1. The van der Waals surface area contributed by atoms with E-state index in [9.17, 15) is 9.59 Å². The van der Waals surface area contributed by atoms with Gasteiger partial charge in [0.05, 0.1) is 6.61 Å². The Morgan fingerprint density at radius 3 is 2.66 bits per heavy atom. The zero-order chi connectivity index (χ0) is 20.2. The van der Waals surface area contributed by atoms with Gasteiger partial charge in [-0.25, -0.2) is 0 Å². The van der Waals surface area contributed by atoms with E-state index in [-0.39, 0.29) is 29.6 Å². The van der Waals surface area contributed by atoms with Gasteiger partial charge < -0.3 is 15.0 Å². The van der Waals surface area contributed by atoms with Crippen LogP contribution in [0.25, 0.3) is 0 Å². The lowest BCUT2D eigenvalue weighted by Crippen LogP contribution is -2.47. The van der Waals surface area contributed by atoms with E-state index in [0.717, 1.165) is 50.1 Å². The molecule has 2 aliphatic rings. The molecular formula is C21H26N4O3S. The molecule has 0 spiro atoms. The minimum atomic E-state index is -0.750. The van der Waals surface area contributed by atoms with Crippen LogP contribution in [-0.4, -0.2) is 45.0 Å². The summed E-state index contributed by atoms with van der Waals surface area (Å²) in [5.74, 6) is 0.239. The Morgan fingerprint density at radius 1 is 1.24 bits per heavy atom. The lowest BCUT2D eigenvalue weighted by atomic mass is 10.0. The Labute approximate surface area is 174 Å². The van der Waals surface area contributed by atoms with Gasteiger partial charge in [0.1, 0.15) is 11.8 Å². The summed E-state index contributed by atoms with van der Waals surface area (Å²) >= 11 is 1.14. The Morgan fingerprint density at radius 2 is 2.00 bits per heavy atom. The molecule has 0 aliphatic heterocycles. The van der Waals surface area contributed by atoms with Gasteiger partial charge >= 0.3 is 0 Å². The molecule has 2 aliphatic carbocycles. The third-order valence-electron chi connectivity index (χ3n) is 5.50. The predicted octanol–water partition coefficient (Wildman–Crippen LogP) is 3.34. The third-order valence-corrected chi connectivity index (χ3v) is 6.00. The second-order valence-electron chi connectivity index (χ2n) is 7.60. The summed E-state index contributed by atoms with van der Waals surface area (Å²) in [5, 5.41) is 8.78. The number of hydrogen-bond donors (Lipinski definition) is 1. The quantitative estimate of drug-likeness (QED) is 0.716. The summed E-state index contributed by atoms with van der Waals surface area (Å²) in [6, 6.07) is 6.95. The van der Waals surface area contributed by atoms with Gasteiger partial charge in [0.2, 0.25) is 5.91 Å². The van der Waals surface area contributed by atoms with E-state index in [1.807, 2.05) is 31.2 Å². The number of rotatable bonds is 8. The van der Waals surface area contributed by atoms with Gasteiger partial charge in [0.15, 0.2) is 5.69 Å². The van der Waals surface area contributed by atoms with Gasteiger partial charge in [0.25, 0.3) is 5.91 Å². The molecule has 7 nitrogen and oxygen atoms in total. The molecule has 0 unspecified atom stereocenters. The maximum absolute atomic E-state index is 13.5. The Bertz CT molecular complexity index is 847. The van der Waals surface area contributed by atoms with Crippen LogP contribution in [-0.2, 0) is 4.79 Å². The molecule has 0 radical (unpaired) electrons. The molecule has 2 aromatic rings. The Kier molecular flexibility index (Phi) is 6.08. The van der Waals surface area contributed by atoms with Crippen molar-refractivity contribution in [2.75, 3.05) is 6.61 Å². The Balaban J connectivity index is 1.72. The van der Waals surface area contributed by atoms with Crippen molar-refractivity contribution >= 4 is 23.3 Å². The number of benzene rings is 1. The topological polar surface area (TPSA) is 84.4 Å². The average molecular weight is 415 g/mol. The molecule has 4 rings (SSSR count). The molecule has 0 saturated heterocycles. The SMILES string of the molecule is CCOc1ccccc1[C@H](C(=O)NC1CCCC1)N(C(=O)c1csnn1)C1CC1. The molecule has 2 fully saturated rings. The van der Waals surface area contributed by atoms with Crippen molar-refractivity contribution in [3.63, 3.8) is 0 Å². The van der Waals surface area contributed by atoms with Crippen molar-refractivity contribution in [3.05, 3.63) is 40.9 Å². The van der Waals surface area contributed by atoms with Crippen LogP contribution in [0.1, 0.15) is 67.5 Å².